The summed E-state index contributed by atoms with van der Waals surface area (Å²) >= 11 is 3.34. The Morgan fingerprint density at radius 2 is 2.12 bits per heavy atom. The molecule has 1 aromatic rings. The number of carbonyl (C=O) groups excluding carboxylic acids is 1. The van der Waals surface area contributed by atoms with Gasteiger partial charge in [-0.15, -0.1) is 0 Å². The normalized spacial score (nSPS) is 22.8. The topological polar surface area (TPSA) is 94.6 Å². The molecule has 130 valence electrons. The fourth-order valence-corrected chi connectivity index (χ4v) is 3.32. The molecular weight excluding hydrogens is 376 g/mol. The number of hydrogen-bond acceptors (Lipinski definition) is 4. The maximum absolute atomic E-state index is 12.0. The highest BCUT2D eigenvalue weighted by atomic mass is 79.9. The van der Waals surface area contributed by atoms with Gasteiger partial charge in [-0.1, -0.05) is 0 Å². The van der Waals surface area contributed by atoms with Crippen molar-refractivity contribution in [3.8, 4) is 0 Å². The smallest absolute Gasteiger partial charge is 0.319 e. The second-order valence-electron chi connectivity index (χ2n) is 6.54. The predicted molar refractivity (Wildman–Crippen MR) is 92.8 cm³/mol. The van der Waals surface area contributed by atoms with Crippen LogP contribution in [-0.4, -0.2) is 52.2 Å². The number of urea groups is 1. The molecule has 1 aromatic heterocycles. The molecule has 0 atom stereocenters. The summed E-state index contributed by atoms with van der Waals surface area (Å²) in [6.45, 7) is 0.948. The molecule has 2 aliphatic rings. The van der Waals surface area contributed by atoms with Gasteiger partial charge in [-0.3, -0.25) is 14.7 Å². The number of carboxylic acid groups (broad SMARTS) is 1. The largest absolute Gasteiger partial charge is 0.480 e. The van der Waals surface area contributed by atoms with E-state index in [9.17, 15) is 9.59 Å². The van der Waals surface area contributed by atoms with Crippen molar-refractivity contribution in [1.82, 2.24) is 15.2 Å². The van der Waals surface area contributed by atoms with Crippen LogP contribution in [0.3, 0.4) is 0 Å². The molecule has 1 heterocycles. The van der Waals surface area contributed by atoms with E-state index in [-0.39, 0.29) is 24.7 Å². The second kappa shape index (κ2) is 7.48. The van der Waals surface area contributed by atoms with Gasteiger partial charge in [-0.25, -0.2) is 4.79 Å². The number of amides is 2. The summed E-state index contributed by atoms with van der Waals surface area (Å²) in [4.78, 5) is 29.1. The van der Waals surface area contributed by atoms with E-state index in [0.717, 1.165) is 23.9 Å². The Hall–Kier alpha value is -1.67. The molecule has 3 rings (SSSR count). The van der Waals surface area contributed by atoms with Crippen molar-refractivity contribution < 1.29 is 14.7 Å². The first-order valence-corrected chi connectivity index (χ1v) is 8.93. The third-order valence-corrected chi connectivity index (χ3v) is 5.15. The Morgan fingerprint density at radius 3 is 2.75 bits per heavy atom. The average Bonchev–Trinajstić information content (AvgIpc) is 3.28. The quantitative estimate of drug-likeness (QED) is 0.657. The number of carboxylic acids is 1. The van der Waals surface area contributed by atoms with E-state index in [2.05, 4.69) is 36.4 Å². The predicted octanol–water partition coefficient (Wildman–Crippen LogP) is 2.29. The lowest BCUT2D eigenvalue weighted by atomic mass is 9.85. The van der Waals surface area contributed by atoms with Crippen LogP contribution in [0.15, 0.2) is 22.9 Å². The molecule has 24 heavy (non-hydrogen) atoms. The van der Waals surface area contributed by atoms with Gasteiger partial charge in [-0.2, -0.15) is 0 Å². The van der Waals surface area contributed by atoms with Crippen molar-refractivity contribution >= 4 is 33.6 Å². The number of anilines is 1. The van der Waals surface area contributed by atoms with Crippen LogP contribution in [0.25, 0.3) is 0 Å². The summed E-state index contributed by atoms with van der Waals surface area (Å²) in [5, 5.41) is 14.8. The zero-order valence-corrected chi connectivity index (χ0v) is 14.8. The molecule has 2 amide bonds. The SMILES string of the molecule is O=C(O)CN(CC1CC1)C1CC(NC(=O)Nc2ccncc2Br)C1. The Balaban J connectivity index is 1.44. The van der Waals surface area contributed by atoms with Gasteiger partial charge in [0.25, 0.3) is 0 Å². The summed E-state index contributed by atoms with van der Waals surface area (Å²) in [6.07, 6.45) is 7.23. The van der Waals surface area contributed by atoms with E-state index in [0.29, 0.717) is 11.6 Å². The molecule has 8 heteroatoms. The van der Waals surface area contributed by atoms with Crippen molar-refractivity contribution in [3.05, 3.63) is 22.9 Å². The Labute approximate surface area is 148 Å². The van der Waals surface area contributed by atoms with Gasteiger partial charge in [0.15, 0.2) is 0 Å². The van der Waals surface area contributed by atoms with Gasteiger partial charge in [0.2, 0.25) is 0 Å². The number of halogens is 1. The van der Waals surface area contributed by atoms with Crippen molar-refractivity contribution in [3.63, 3.8) is 0 Å². The number of nitrogens with one attached hydrogen (secondary N) is 2. The molecule has 3 N–H and O–H groups in total. The van der Waals surface area contributed by atoms with Crippen LogP contribution in [0.5, 0.6) is 0 Å². The highest BCUT2D eigenvalue weighted by Crippen LogP contribution is 2.33. The number of nitrogens with zero attached hydrogens (tertiary/aromatic N) is 2. The van der Waals surface area contributed by atoms with E-state index < -0.39 is 5.97 Å². The van der Waals surface area contributed by atoms with E-state index >= 15 is 0 Å². The average molecular weight is 397 g/mol. The molecule has 0 unspecified atom stereocenters. The summed E-state index contributed by atoms with van der Waals surface area (Å²) in [6, 6.07) is 1.81. The minimum absolute atomic E-state index is 0.0873. The van der Waals surface area contributed by atoms with Crippen molar-refractivity contribution in [2.45, 2.75) is 37.8 Å². The Kier molecular flexibility index (Phi) is 5.35. The Bertz CT molecular complexity index is 617. The lowest BCUT2D eigenvalue weighted by Gasteiger charge is -2.42. The lowest BCUT2D eigenvalue weighted by Crippen LogP contribution is -2.55. The highest BCUT2D eigenvalue weighted by Gasteiger charge is 2.37. The third kappa shape index (κ3) is 4.67. The van der Waals surface area contributed by atoms with E-state index in [4.69, 9.17) is 5.11 Å². The number of pyridine rings is 1. The van der Waals surface area contributed by atoms with Gasteiger partial charge in [-0.05, 0) is 53.6 Å². The van der Waals surface area contributed by atoms with Crippen molar-refractivity contribution in [2.24, 2.45) is 5.92 Å². The summed E-state index contributed by atoms with van der Waals surface area (Å²) in [7, 11) is 0. The number of carbonyl (C=O) groups is 2. The monoisotopic (exact) mass is 396 g/mol. The molecule has 2 aliphatic carbocycles. The standard InChI is InChI=1S/C16H21BrN4O3/c17-13-7-18-4-3-14(13)20-16(24)19-11-5-12(6-11)21(9-15(22)23)8-10-1-2-10/h3-4,7,10-12H,1-2,5-6,8-9H2,(H,22,23)(H2,18,19,20,24). The molecule has 0 aromatic carbocycles. The van der Waals surface area contributed by atoms with E-state index in [1.165, 1.54) is 12.8 Å². The highest BCUT2D eigenvalue weighted by molar-refractivity contribution is 9.10. The van der Waals surface area contributed by atoms with E-state index in [1.807, 2.05) is 0 Å². The van der Waals surface area contributed by atoms with Gasteiger partial charge < -0.3 is 15.7 Å². The second-order valence-corrected chi connectivity index (χ2v) is 7.40. The maximum atomic E-state index is 12.0. The van der Waals surface area contributed by atoms with Crippen LogP contribution in [0.4, 0.5) is 10.5 Å². The molecule has 2 saturated carbocycles. The van der Waals surface area contributed by atoms with Gasteiger partial charge in [0.1, 0.15) is 0 Å². The maximum Gasteiger partial charge on any atom is 0.319 e. The van der Waals surface area contributed by atoms with Gasteiger partial charge in [0.05, 0.1) is 16.7 Å². The molecule has 7 nitrogen and oxygen atoms in total. The van der Waals surface area contributed by atoms with Crippen LogP contribution < -0.4 is 10.6 Å². The first kappa shape index (κ1) is 17.2. The van der Waals surface area contributed by atoms with Gasteiger partial charge in [0, 0.05) is 31.0 Å². The van der Waals surface area contributed by atoms with Crippen LogP contribution in [0.1, 0.15) is 25.7 Å². The fraction of sp³-hybridized carbons (Fsp3) is 0.562. The number of aromatic nitrogens is 1. The fourth-order valence-electron chi connectivity index (χ4n) is 2.97. The first-order valence-electron chi connectivity index (χ1n) is 8.14. The third-order valence-electron chi connectivity index (χ3n) is 4.51. The van der Waals surface area contributed by atoms with Crippen LogP contribution in [0, 0.1) is 5.92 Å². The van der Waals surface area contributed by atoms with Crippen LogP contribution in [-0.2, 0) is 4.79 Å². The minimum Gasteiger partial charge on any atom is -0.480 e. The molecule has 0 saturated heterocycles. The summed E-state index contributed by atoms with van der Waals surface area (Å²) in [5.74, 6) is -0.129. The lowest BCUT2D eigenvalue weighted by molar-refractivity contribution is -0.139. The molecule has 0 radical (unpaired) electrons. The number of rotatable bonds is 7. The zero-order chi connectivity index (χ0) is 17.1. The number of hydrogen-bond donors (Lipinski definition) is 3. The minimum atomic E-state index is -0.785. The first-order chi connectivity index (χ1) is 11.5. The van der Waals surface area contributed by atoms with Crippen molar-refractivity contribution in [2.75, 3.05) is 18.4 Å². The zero-order valence-electron chi connectivity index (χ0n) is 13.2. The molecule has 0 aliphatic heterocycles. The van der Waals surface area contributed by atoms with E-state index in [1.54, 1.807) is 18.5 Å². The van der Waals surface area contributed by atoms with Crippen LogP contribution >= 0.6 is 15.9 Å². The number of aliphatic carboxylic acids is 1. The molecule has 0 spiro atoms. The van der Waals surface area contributed by atoms with Gasteiger partial charge >= 0.3 is 12.0 Å². The molecule has 0 bridgehead atoms. The molecular formula is C16H21BrN4O3. The summed E-state index contributed by atoms with van der Waals surface area (Å²) < 4.78 is 0.726. The van der Waals surface area contributed by atoms with Crippen molar-refractivity contribution in [1.29, 1.82) is 0 Å². The molecule has 2 fully saturated rings. The Morgan fingerprint density at radius 1 is 1.38 bits per heavy atom. The summed E-state index contributed by atoms with van der Waals surface area (Å²) in [5.41, 5.74) is 0.666. The van der Waals surface area contributed by atoms with Crippen LogP contribution in [0.2, 0.25) is 0 Å².